The van der Waals surface area contributed by atoms with E-state index in [9.17, 15) is 9.59 Å². The Morgan fingerprint density at radius 1 is 1.18 bits per heavy atom. The van der Waals surface area contributed by atoms with Crippen molar-refractivity contribution in [2.45, 2.75) is 46.0 Å². The summed E-state index contributed by atoms with van der Waals surface area (Å²) in [5.74, 6) is 0.0367. The van der Waals surface area contributed by atoms with Crippen molar-refractivity contribution in [3.63, 3.8) is 0 Å². The monoisotopic (exact) mass is 383 g/mol. The molecule has 2 aromatic rings. The van der Waals surface area contributed by atoms with Gasteiger partial charge in [0.1, 0.15) is 0 Å². The highest BCUT2D eigenvalue weighted by Crippen LogP contribution is 2.16. The van der Waals surface area contributed by atoms with Crippen LogP contribution in [0.2, 0.25) is 0 Å². The van der Waals surface area contributed by atoms with E-state index in [1.165, 1.54) is 12.0 Å². The van der Waals surface area contributed by atoms with Crippen LogP contribution in [0.25, 0.3) is 0 Å². The first-order valence-electron chi connectivity index (χ1n) is 9.99. The summed E-state index contributed by atoms with van der Waals surface area (Å²) in [6.07, 6.45) is 5.01. The molecule has 0 spiro atoms. The van der Waals surface area contributed by atoms with Crippen molar-refractivity contribution in [3.8, 4) is 0 Å². The number of urea groups is 1. The van der Waals surface area contributed by atoms with Crippen molar-refractivity contribution >= 4 is 17.6 Å². The van der Waals surface area contributed by atoms with Gasteiger partial charge in [0, 0.05) is 36.6 Å². The molecule has 150 valence electrons. The Labute approximate surface area is 165 Å². The molecule has 0 bridgehead atoms. The molecule has 2 heterocycles. The first-order chi connectivity index (χ1) is 13.5. The van der Waals surface area contributed by atoms with Gasteiger partial charge in [-0.05, 0) is 69.7 Å². The van der Waals surface area contributed by atoms with Crippen molar-refractivity contribution < 1.29 is 9.59 Å². The zero-order valence-electron chi connectivity index (χ0n) is 16.7. The van der Waals surface area contributed by atoms with E-state index in [-0.39, 0.29) is 11.9 Å². The van der Waals surface area contributed by atoms with E-state index in [4.69, 9.17) is 0 Å². The molecule has 0 saturated carbocycles. The number of rotatable bonds is 6. The van der Waals surface area contributed by atoms with Gasteiger partial charge in [0.2, 0.25) is 0 Å². The number of aryl methyl sites for hydroxylation is 2. The van der Waals surface area contributed by atoms with Crippen LogP contribution in [-0.4, -0.2) is 46.7 Å². The molecule has 0 radical (unpaired) electrons. The van der Waals surface area contributed by atoms with E-state index in [2.05, 4.69) is 20.8 Å². The van der Waals surface area contributed by atoms with Crippen molar-refractivity contribution in [2.75, 3.05) is 25.0 Å². The summed E-state index contributed by atoms with van der Waals surface area (Å²) < 4.78 is 0. The van der Waals surface area contributed by atoms with Crippen LogP contribution in [-0.2, 0) is 6.42 Å². The lowest BCUT2D eigenvalue weighted by molar-refractivity contribution is 0.0724. The highest BCUT2D eigenvalue weighted by atomic mass is 16.2. The second-order valence-electron chi connectivity index (χ2n) is 7.33. The van der Waals surface area contributed by atoms with Crippen LogP contribution in [0.1, 0.15) is 53.0 Å². The number of piperidine rings is 1. The largest absolute Gasteiger partial charge is 0.339 e. The minimum atomic E-state index is -0.261. The minimum Gasteiger partial charge on any atom is -0.339 e. The van der Waals surface area contributed by atoms with Crippen molar-refractivity contribution in [2.24, 2.45) is 0 Å². The molecular weight excluding hydrogens is 354 g/mol. The fraction of sp³-hybridized carbons (Fsp3) is 0.476. The molecule has 7 heteroatoms. The fourth-order valence-electron chi connectivity index (χ4n) is 3.59. The molecule has 3 N–H and O–H groups in total. The van der Waals surface area contributed by atoms with Gasteiger partial charge in [-0.15, -0.1) is 0 Å². The van der Waals surface area contributed by atoms with Crippen LogP contribution < -0.4 is 10.6 Å². The van der Waals surface area contributed by atoms with Gasteiger partial charge in [-0.2, -0.15) is 5.10 Å². The third kappa shape index (κ3) is 5.12. The van der Waals surface area contributed by atoms with Crippen LogP contribution in [0, 0.1) is 13.8 Å². The summed E-state index contributed by atoms with van der Waals surface area (Å²) in [6, 6.07) is 6.88. The minimum absolute atomic E-state index is 0.0367. The molecule has 28 heavy (non-hydrogen) atoms. The number of aromatic amines is 1. The van der Waals surface area contributed by atoms with Crippen molar-refractivity contribution in [3.05, 3.63) is 46.8 Å². The summed E-state index contributed by atoms with van der Waals surface area (Å²) >= 11 is 0. The molecule has 0 aliphatic carbocycles. The third-order valence-electron chi connectivity index (χ3n) is 5.18. The van der Waals surface area contributed by atoms with Crippen LogP contribution in [0.15, 0.2) is 24.3 Å². The average molecular weight is 383 g/mol. The fourth-order valence-corrected chi connectivity index (χ4v) is 3.59. The summed E-state index contributed by atoms with van der Waals surface area (Å²) in [5, 5.41) is 12.8. The molecule has 1 aromatic heterocycles. The topological polar surface area (TPSA) is 90.1 Å². The van der Waals surface area contributed by atoms with Crippen LogP contribution in [0.4, 0.5) is 10.5 Å². The predicted octanol–water partition coefficient (Wildman–Crippen LogP) is 3.41. The number of hydrogen-bond acceptors (Lipinski definition) is 3. The Balaban J connectivity index is 1.46. The van der Waals surface area contributed by atoms with Gasteiger partial charge < -0.3 is 15.5 Å². The maximum atomic E-state index is 12.6. The third-order valence-corrected chi connectivity index (χ3v) is 5.18. The number of nitrogens with zero attached hydrogens (tertiary/aromatic N) is 2. The Morgan fingerprint density at radius 3 is 2.68 bits per heavy atom. The number of nitrogens with one attached hydrogen (secondary N) is 3. The molecule has 1 aliphatic rings. The highest BCUT2D eigenvalue weighted by Gasteiger charge is 2.18. The summed E-state index contributed by atoms with van der Waals surface area (Å²) in [6.45, 7) is 6.19. The number of likely N-dealkylation sites (tertiary alicyclic amines) is 1. The molecule has 1 aromatic carbocycles. The van der Waals surface area contributed by atoms with Crippen molar-refractivity contribution in [1.29, 1.82) is 0 Å². The van der Waals surface area contributed by atoms with Gasteiger partial charge >= 0.3 is 6.03 Å². The van der Waals surface area contributed by atoms with E-state index in [1.807, 2.05) is 18.7 Å². The molecular formula is C21H29N5O2. The Kier molecular flexibility index (Phi) is 6.68. The van der Waals surface area contributed by atoms with E-state index in [0.717, 1.165) is 50.2 Å². The zero-order valence-corrected chi connectivity index (χ0v) is 16.7. The Bertz CT molecular complexity index is 804. The molecule has 7 nitrogen and oxygen atoms in total. The maximum Gasteiger partial charge on any atom is 0.319 e. The molecule has 0 atom stereocenters. The lowest BCUT2D eigenvalue weighted by atomic mass is 10.1. The molecule has 1 saturated heterocycles. The average Bonchev–Trinajstić information content (AvgIpc) is 3.03. The number of aromatic nitrogens is 2. The molecule has 3 amide bonds. The predicted molar refractivity (Wildman–Crippen MR) is 110 cm³/mol. The highest BCUT2D eigenvalue weighted by molar-refractivity contribution is 5.97. The molecule has 0 unspecified atom stereocenters. The molecule has 1 fully saturated rings. The SMILES string of the molecule is Cc1n[nH]c(C)c1CCCNC(=O)Nc1cccc(C(=O)N2CCCCC2)c1. The number of carbonyl (C=O) groups excluding carboxylic acids is 2. The summed E-state index contributed by atoms with van der Waals surface area (Å²) in [4.78, 5) is 26.7. The maximum absolute atomic E-state index is 12.6. The first kappa shape index (κ1) is 19.9. The molecule has 1 aliphatic heterocycles. The van der Waals surface area contributed by atoms with Gasteiger partial charge in [-0.1, -0.05) is 6.07 Å². The number of hydrogen-bond donors (Lipinski definition) is 3. The number of benzene rings is 1. The smallest absolute Gasteiger partial charge is 0.319 e. The second kappa shape index (κ2) is 9.39. The van der Waals surface area contributed by atoms with E-state index in [0.29, 0.717) is 17.8 Å². The van der Waals surface area contributed by atoms with Gasteiger partial charge in [-0.3, -0.25) is 9.89 Å². The summed E-state index contributed by atoms with van der Waals surface area (Å²) in [7, 11) is 0. The number of anilines is 1. The normalized spacial score (nSPS) is 14.0. The quantitative estimate of drug-likeness (QED) is 0.668. The van der Waals surface area contributed by atoms with Crippen LogP contribution >= 0.6 is 0 Å². The lowest BCUT2D eigenvalue weighted by Gasteiger charge is -2.26. The lowest BCUT2D eigenvalue weighted by Crippen LogP contribution is -2.35. The van der Waals surface area contributed by atoms with E-state index >= 15 is 0 Å². The molecule has 3 rings (SSSR count). The second-order valence-corrected chi connectivity index (χ2v) is 7.33. The zero-order chi connectivity index (χ0) is 19.9. The van der Waals surface area contributed by atoms with Gasteiger partial charge in [0.15, 0.2) is 0 Å². The number of carbonyl (C=O) groups is 2. The first-order valence-corrected chi connectivity index (χ1v) is 9.99. The summed E-state index contributed by atoms with van der Waals surface area (Å²) in [5.41, 5.74) is 4.55. The van der Waals surface area contributed by atoms with Gasteiger partial charge in [0.25, 0.3) is 5.91 Å². The van der Waals surface area contributed by atoms with Crippen molar-refractivity contribution in [1.82, 2.24) is 20.4 Å². The number of amides is 3. The Hall–Kier alpha value is -2.83. The van der Waals surface area contributed by atoms with Crippen LogP contribution in [0.5, 0.6) is 0 Å². The Morgan fingerprint density at radius 2 is 1.96 bits per heavy atom. The van der Waals surface area contributed by atoms with Gasteiger partial charge in [0.05, 0.1) is 5.69 Å². The number of H-pyrrole nitrogens is 1. The van der Waals surface area contributed by atoms with Crippen LogP contribution in [0.3, 0.4) is 0 Å². The van der Waals surface area contributed by atoms with Gasteiger partial charge in [-0.25, -0.2) is 4.79 Å². The van der Waals surface area contributed by atoms with E-state index in [1.54, 1.807) is 24.3 Å². The standard InChI is InChI=1S/C21H29N5O2/c1-15-19(16(2)25-24-15)10-7-11-22-21(28)23-18-9-6-8-17(14-18)20(27)26-12-4-3-5-13-26/h6,8-9,14H,3-5,7,10-13H2,1-2H3,(H,24,25)(H2,22,23,28). The van der Waals surface area contributed by atoms with E-state index < -0.39 is 0 Å².